The van der Waals surface area contributed by atoms with Crippen molar-refractivity contribution in [1.29, 1.82) is 0 Å². The number of amides is 1. The van der Waals surface area contributed by atoms with Crippen molar-refractivity contribution < 1.29 is 4.79 Å². The monoisotopic (exact) mass is 319 g/mol. The molecule has 23 heavy (non-hydrogen) atoms. The Balaban J connectivity index is 3.15. The van der Waals surface area contributed by atoms with Crippen molar-refractivity contribution >= 4 is 5.91 Å². The first-order valence-corrected chi connectivity index (χ1v) is 8.67. The summed E-state index contributed by atoms with van der Waals surface area (Å²) in [5.74, 6) is 0.159. The van der Waals surface area contributed by atoms with Crippen molar-refractivity contribution in [2.45, 2.75) is 71.9 Å². The van der Waals surface area contributed by atoms with Gasteiger partial charge in [-0.25, -0.2) is 0 Å². The Hall–Kier alpha value is -1.42. The molecule has 0 aliphatic carbocycles. The SMILES string of the molecule is CC(C)C[C@@](CCN(C(C)C)C(C)C)(C(N)=O)c1ccncc1. The van der Waals surface area contributed by atoms with E-state index in [1.807, 2.05) is 12.1 Å². The first kappa shape index (κ1) is 19.6. The fourth-order valence-electron chi connectivity index (χ4n) is 3.53. The highest BCUT2D eigenvalue weighted by molar-refractivity contribution is 5.86. The summed E-state index contributed by atoms with van der Waals surface area (Å²) in [6.07, 6.45) is 4.99. The summed E-state index contributed by atoms with van der Waals surface area (Å²) in [7, 11) is 0. The van der Waals surface area contributed by atoms with Crippen LogP contribution in [0.2, 0.25) is 0 Å². The van der Waals surface area contributed by atoms with Crippen LogP contribution in [0.4, 0.5) is 0 Å². The molecule has 1 atom stereocenters. The van der Waals surface area contributed by atoms with E-state index < -0.39 is 5.41 Å². The second-order valence-corrected chi connectivity index (χ2v) is 7.46. The first-order valence-electron chi connectivity index (χ1n) is 8.67. The summed E-state index contributed by atoms with van der Waals surface area (Å²) >= 11 is 0. The van der Waals surface area contributed by atoms with E-state index in [1.165, 1.54) is 0 Å². The summed E-state index contributed by atoms with van der Waals surface area (Å²) in [6.45, 7) is 13.9. The lowest BCUT2D eigenvalue weighted by atomic mass is 9.71. The predicted molar refractivity (Wildman–Crippen MR) is 96.2 cm³/mol. The molecular weight excluding hydrogens is 286 g/mol. The zero-order valence-corrected chi connectivity index (χ0v) is 15.5. The van der Waals surface area contributed by atoms with Crippen molar-refractivity contribution in [3.8, 4) is 0 Å². The van der Waals surface area contributed by atoms with Gasteiger partial charge in [-0.1, -0.05) is 13.8 Å². The molecule has 130 valence electrons. The fourth-order valence-corrected chi connectivity index (χ4v) is 3.53. The molecule has 1 rings (SSSR count). The Morgan fingerprint density at radius 1 is 1.13 bits per heavy atom. The Morgan fingerprint density at radius 2 is 1.65 bits per heavy atom. The number of rotatable bonds is 9. The highest BCUT2D eigenvalue weighted by Crippen LogP contribution is 2.35. The number of nitrogens with two attached hydrogens (primary N) is 1. The normalized spacial score (nSPS) is 14.7. The molecule has 0 saturated carbocycles. The van der Waals surface area contributed by atoms with Crippen LogP contribution in [-0.2, 0) is 10.2 Å². The van der Waals surface area contributed by atoms with Crippen molar-refractivity contribution in [1.82, 2.24) is 9.88 Å². The minimum atomic E-state index is -0.626. The van der Waals surface area contributed by atoms with Gasteiger partial charge in [-0.15, -0.1) is 0 Å². The number of hydrogen-bond donors (Lipinski definition) is 1. The van der Waals surface area contributed by atoms with Crippen LogP contribution in [0.25, 0.3) is 0 Å². The lowest BCUT2D eigenvalue weighted by Gasteiger charge is -2.37. The quantitative estimate of drug-likeness (QED) is 0.759. The largest absolute Gasteiger partial charge is 0.369 e. The van der Waals surface area contributed by atoms with Gasteiger partial charge in [0.25, 0.3) is 0 Å². The molecule has 4 heteroatoms. The van der Waals surface area contributed by atoms with Crippen LogP contribution < -0.4 is 5.73 Å². The average Bonchev–Trinajstić information content (AvgIpc) is 2.45. The Morgan fingerprint density at radius 3 is 2.04 bits per heavy atom. The standard InChI is InChI=1S/C19H33N3O/c1-14(2)13-19(18(20)23,17-7-10-21-11-8-17)9-12-22(15(3)4)16(5)6/h7-8,10-11,14-16H,9,12-13H2,1-6H3,(H2,20,23)/t19-/m1/s1. The van der Waals surface area contributed by atoms with E-state index in [-0.39, 0.29) is 5.91 Å². The van der Waals surface area contributed by atoms with Crippen LogP contribution in [-0.4, -0.2) is 34.4 Å². The number of hydrogen-bond acceptors (Lipinski definition) is 3. The minimum Gasteiger partial charge on any atom is -0.369 e. The van der Waals surface area contributed by atoms with E-state index >= 15 is 0 Å². The average molecular weight is 319 g/mol. The lowest BCUT2D eigenvalue weighted by Crippen LogP contribution is -2.47. The van der Waals surface area contributed by atoms with E-state index in [1.54, 1.807) is 12.4 Å². The van der Waals surface area contributed by atoms with Crippen molar-refractivity contribution in [3.05, 3.63) is 30.1 Å². The topological polar surface area (TPSA) is 59.2 Å². The number of pyridine rings is 1. The summed E-state index contributed by atoms with van der Waals surface area (Å²) in [5.41, 5.74) is 6.27. The van der Waals surface area contributed by atoms with Crippen LogP contribution in [0, 0.1) is 5.92 Å². The van der Waals surface area contributed by atoms with Gasteiger partial charge in [-0.3, -0.25) is 14.7 Å². The third-order valence-corrected chi connectivity index (χ3v) is 4.58. The van der Waals surface area contributed by atoms with Crippen LogP contribution in [0.1, 0.15) is 59.9 Å². The van der Waals surface area contributed by atoms with E-state index in [9.17, 15) is 4.79 Å². The highest BCUT2D eigenvalue weighted by Gasteiger charge is 2.39. The van der Waals surface area contributed by atoms with Gasteiger partial charge in [0, 0.05) is 31.0 Å². The van der Waals surface area contributed by atoms with Crippen LogP contribution in [0.5, 0.6) is 0 Å². The molecule has 0 spiro atoms. The molecule has 0 aromatic carbocycles. The first-order chi connectivity index (χ1) is 10.7. The molecule has 0 bridgehead atoms. The van der Waals surface area contributed by atoms with E-state index in [0.29, 0.717) is 18.0 Å². The zero-order valence-electron chi connectivity index (χ0n) is 15.5. The van der Waals surface area contributed by atoms with Gasteiger partial charge >= 0.3 is 0 Å². The zero-order chi connectivity index (χ0) is 17.6. The van der Waals surface area contributed by atoms with E-state index in [0.717, 1.165) is 24.9 Å². The second-order valence-electron chi connectivity index (χ2n) is 7.46. The number of aromatic nitrogens is 1. The van der Waals surface area contributed by atoms with Crippen molar-refractivity contribution in [2.24, 2.45) is 11.7 Å². The Bertz CT molecular complexity index is 477. The second kappa shape index (κ2) is 8.44. The van der Waals surface area contributed by atoms with Crippen LogP contribution in [0.15, 0.2) is 24.5 Å². The molecule has 1 heterocycles. The number of carbonyl (C=O) groups is 1. The highest BCUT2D eigenvalue weighted by atomic mass is 16.1. The third-order valence-electron chi connectivity index (χ3n) is 4.58. The van der Waals surface area contributed by atoms with Gasteiger partial charge in [0.2, 0.25) is 5.91 Å². The summed E-state index contributed by atoms with van der Waals surface area (Å²) in [4.78, 5) is 19.0. The van der Waals surface area contributed by atoms with Gasteiger partial charge in [0.15, 0.2) is 0 Å². The van der Waals surface area contributed by atoms with Gasteiger partial charge in [0.1, 0.15) is 0 Å². The fraction of sp³-hybridized carbons (Fsp3) is 0.684. The van der Waals surface area contributed by atoms with Crippen molar-refractivity contribution in [3.63, 3.8) is 0 Å². The van der Waals surface area contributed by atoms with Gasteiger partial charge in [0.05, 0.1) is 5.41 Å². The van der Waals surface area contributed by atoms with Gasteiger partial charge in [-0.2, -0.15) is 0 Å². The molecule has 0 aliphatic heterocycles. The van der Waals surface area contributed by atoms with Gasteiger partial charge < -0.3 is 5.73 Å². The molecule has 2 N–H and O–H groups in total. The van der Waals surface area contributed by atoms with E-state index in [2.05, 4.69) is 51.4 Å². The minimum absolute atomic E-state index is 0.232. The Labute approximate surface area is 141 Å². The molecule has 0 fully saturated rings. The number of primary amides is 1. The third kappa shape index (κ3) is 5.03. The maximum absolute atomic E-state index is 12.5. The summed E-state index contributed by atoms with van der Waals surface area (Å²) in [6, 6.07) is 4.75. The van der Waals surface area contributed by atoms with Crippen LogP contribution >= 0.6 is 0 Å². The lowest BCUT2D eigenvalue weighted by molar-refractivity contribution is -0.124. The number of nitrogens with zero attached hydrogens (tertiary/aromatic N) is 2. The van der Waals surface area contributed by atoms with Crippen LogP contribution in [0.3, 0.4) is 0 Å². The molecule has 1 amide bonds. The van der Waals surface area contributed by atoms with Crippen molar-refractivity contribution in [2.75, 3.05) is 6.54 Å². The molecule has 0 saturated heterocycles. The summed E-state index contributed by atoms with van der Waals surface area (Å²) < 4.78 is 0. The molecule has 1 aromatic rings. The Kier molecular flexibility index (Phi) is 7.20. The maximum Gasteiger partial charge on any atom is 0.228 e. The summed E-state index contributed by atoms with van der Waals surface area (Å²) in [5, 5.41) is 0. The predicted octanol–water partition coefficient (Wildman–Crippen LogP) is 3.36. The maximum atomic E-state index is 12.5. The molecule has 0 radical (unpaired) electrons. The van der Waals surface area contributed by atoms with E-state index in [4.69, 9.17) is 5.73 Å². The molecule has 1 aromatic heterocycles. The molecule has 0 unspecified atom stereocenters. The number of carbonyl (C=O) groups excluding carboxylic acids is 1. The molecule has 4 nitrogen and oxygen atoms in total. The molecular formula is C19H33N3O. The smallest absolute Gasteiger partial charge is 0.228 e. The molecule has 0 aliphatic rings. The van der Waals surface area contributed by atoms with Gasteiger partial charge in [-0.05, 0) is 64.2 Å².